The number of hydrogen-bond donors (Lipinski definition) is 1. The number of hydrogen-bond acceptors (Lipinski definition) is 4. The summed E-state index contributed by atoms with van der Waals surface area (Å²) in [7, 11) is -2.29. The van der Waals surface area contributed by atoms with E-state index in [1.165, 1.54) is 19.2 Å². The van der Waals surface area contributed by atoms with Crippen molar-refractivity contribution >= 4 is 33.2 Å². The molecule has 0 spiro atoms. The number of carbonyl (C=O) groups is 1. The van der Waals surface area contributed by atoms with E-state index in [-0.39, 0.29) is 18.0 Å². The van der Waals surface area contributed by atoms with E-state index in [9.17, 15) is 13.2 Å². The molecule has 0 bridgehead atoms. The number of carbonyl (C=O) groups excluding carboxylic acids is 1. The summed E-state index contributed by atoms with van der Waals surface area (Å²) in [5.41, 5.74) is 1.14. The van der Waals surface area contributed by atoms with Crippen molar-refractivity contribution in [3.8, 4) is 5.75 Å². The second kappa shape index (κ2) is 8.53. The summed E-state index contributed by atoms with van der Waals surface area (Å²) in [4.78, 5) is 12.4. The molecule has 0 aliphatic heterocycles. The van der Waals surface area contributed by atoms with Gasteiger partial charge in [0.1, 0.15) is 5.75 Å². The van der Waals surface area contributed by atoms with Gasteiger partial charge >= 0.3 is 0 Å². The Morgan fingerprint density at radius 2 is 1.92 bits per heavy atom. The molecule has 2 rings (SSSR count). The predicted molar refractivity (Wildman–Crippen MR) is 102 cm³/mol. The lowest BCUT2D eigenvalue weighted by atomic mass is 10.2. The standard InChI is InChI=1S/C18H21ClN2O4S/c1-4-21(12-18(22)20-16-8-6-5-7-15(16)19)26(23,24)14-9-10-17(25-3)13(2)11-14/h5-11H,4,12H2,1-3H3,(H,20,22). The Morgan fingerprint density at radius 3 is 2.50 bits per heavy atom. The molecule has 26 heavy (non-hydrogen) atoms. The largest absolute Gasteiger partial charge is 0.496 e. The van der Waals surface area contributed by atoms with E-state index in [4.69, 9.17) is 16.3 Å². The van der Waals surface area contributed by atoms with Gasteiger partial charge in [-0.2, -0.15) is 4.31 Å². The zero-order valence-electron chi connectivity index (χ0n) is 14.8. The molecule has 2 aromatic carbocycles. The van der Waals surface area contributed by atoms with Gasteiger partial charge in [0, 0.05) is 6.54 Å². The van der Waals surface area contributed by atoms with E-state index in [1.54, 1.807) is 44.2 Å². The predicted octanol–water partition coefficient (Wildman–Crippen LogP) is 3.31. The van der Waals surface area contributed by atoms with Crippen molar-refractivity contribution in [2.75, 3.05) is 25.5 Å². The maximum absolute atomic E-state index is 12.8. The van der Waals surface area contributed by atoms with Gasteiger partial charge in [0.05, 0.1) is 29.3 Å². The van der Waals surface area contributed by atoms with Crippen LogP contribution >= 0.6 is 11.6 Å². The molecule has 1 amide bonds. The van der Waals surface area contributed by atoms with E-state index in [2.05, 4.69) is 5.32 Å². The van der Waals surface area contributed by atoms with Crippen LogP contribution in [0, 0.1) is 6.92 Å². The average Bonchev–Trinajstić information content (AvgIpc) is 2.61. The minimum atomic E-state index is -3.81. The summed E-state index contributed by atoms with van der Waals surface area (Å²) in [6.07, 6.45) is 0. The molecular formula is C18H21ClN2O4S. The van der Waals surface area contributed by atoms with Crippen molar-refractivity contribution in [3.05, 3.63) is 53.1 Å². The quantitative estimate of drug-likeness (QED) is 0.779. The Labute approximate surface area is 158 Å². The van der Waals surface area contributed by atoms with E-state index in [1.807, 2.05) is 0 Å². The minimum Gasteiger partial charge on any atom is -0.496 e. The Kier molecular flexibility index (Phi) is 6.63. The number of para-hydroxylation sites is 1. The molecule has 0 fully saturated rings. The normalized spacial score (nSPS) is 11.4. The zero-order valence-corrected chi connectivity index (χ0v) is 16.4. The summed E-state index contributed by atoms with van der Waals surface area (Å²) in [5.74, 6) is 0.136. The highest BCUT2D eigenvalue weighted by Gasteiger charge is 2.26. The fourth-order valence-electron chi connectivity index (χ4n) is 2.44. The summed E-state index contributed by atoms with van der Waals surface area (Å²) >= 11 is 6.01. The first-order valence-corrected chi connectivity index (χ1v) is 9.80. The topological polar surface area (TPSA) is 75.7 Å². The van der Waals surface area contributed by atoms with Crippen molar-refractivity contribution in [3.63, 3.8) is 0 Å². The number of benzene rings is 2. The first kappa shape index (κ1) is 20.2. The van der Waals surface area contributed by atoms with Crippen molar-refractivity contribution in [1.29, 1.82) is 0 Å². The summed E-state index contributed by atoms with van der Waals surface area (Å²) in [6.45, 7) is 3.29. The van der Waals surface area contributed by atoms with Gasteiger partial charge in [0.15, 0.2) is 0 Å². The molecule has 8 heteroatoms. The zero-order chi connectivity index (χ0) is 19.3. The van der Waals surface area contributed by atoms with Crippen molar-refractivity contribution in [1.82, 2.24) is 4.31 Å². The fourth-order valence-corrected chi connectivity index (χ4v) is 4.11. The van der Waals surface area contributed by atoms with Crippen molar-refractivity contribution in [2.45, 2.75) is 18.7 Å². The maximum atomic E-state index is 12.8. The molecule has 1 N–H and O–H groups in total. The lowest BCUT2D eigenvalue weighted by Crippen LogP contribution is -2.37. The Bertz CT molecular complexity index is 900. The van der Waals surface area contributed by atoms with E-state index >= 15 is 0 Å². The second-order valence-electron chi connectivity index (χ2n) is 5.59. The molecule has 2 aromatic rings. The highest BCUT2D eigenvalue weighted by Crippen LogP contribution is 2.24. The van der Waals surface area contributed by atoms with Crippen LogP contribution in [0.5, 0.6) is 5.75 Å². The summed E-state index contributed by atoms with van der Waals surface area (Å²) in [6, 6.07) is 11.4. The number of anilines is 1. The van der Waals surface area contributed by atoms with Gasteiger partial charge in [0.25, 0.3) is 0 Å². The first-order valence-electron chi connectivity index (χ1n) is 7.98. The van der Waals surface area contributed by atoms with Gasteiger partial charge in [-0.15, -0.1) is 0 Å². The van der Waals surface area contributed by atoms with Gasteiger partial charge in [0.2, 0.25) is 15.9 Å². The number of nitrogens with zero attached hydrogens (tertiary/aromatic N) is 1. The highest BCUT2D eigenvalue weighted by molar-refractivity contribution is 7.89. The molecular weight excluding hydrogens is 376 g/mol. The van der Waals surface area contributed by atoms with Gasteiger partial charge in [-0.3, -0.25) is 4.79 Å². The SMILES string of the molecule is CCN(CC(=O)Nc1ccccc1Cl)S(=O)(=O)c1ccc(OC)c(C)c1. The Hall–Kier alpha value is -2.09. The van der Waals surface area contributed by atoms with Crippen LogP contribution in [0.3, 0.4) is 0 Å². The molecule has 6 nitrogen and oxygen atoms in total. The van der Waals surface area contributed by atoms with E-state index in [0.717, 1.165) is 4.31 Å². The van der Waals surface area contributed by atoms with Crippen LogP contribution in [-0.4, -0.2) is 38.8 Å². The summed E-state index contributed by atoms with van der Waals surface area (Å²) in [5, 5.41) is 3.02. The molecule has 0 aliphatic rings. The smallest absolute Gasteiger partial charge is 0.243 e. The van der Waals surface area contributed by atoms with Crippen LogP contribution in [0.1, 0.15) is 12.5 Å². The number of aryl methyl sites for hydroxylation is 1. The number of nitrogens with one attached hydrogen (secondary N) is 1. The molecule has 0 saturated carbocycles. The first-order chi connectivity index (χ1) is 12.3. The number of methoxy groups -OCH3 is 1. The number of sulfonamides is 1. The number of rotatable bonds is 7. The molecule has 0 saturated heterocycles. The maximum Gasteiger partial charge on any atom is 0.243 e. The van der Waals surface area contributed by atoms with Crippen LogP contribution in [0.4, 0.5) is 5.69 Å². The number of likely N-dealkylation sites (N-methyl/N-ethyl adjacent to an activating group) is 1. The van der Waals surface area contributed by atoms with Gasteiger partial charge in [-0.05, 0) is 42.8 Å². The Balaban J connectivity index is 2.19. The molecule has 0 unspecified atom stereocenters. The third-order valence-corrected chi connectivity index (χ3v) is 6.07. The average molecular weight is 397 g/mol. The van der Waals surface area contributed by atoms with Crippen LogP contribution in [0.25, 0.3) is 0 Å². The monoisotopic (exact) mass is 396 g/mol. The lowest BCUT2D eigenvalue weighted by molar-refractivity contribution is -0.116. The molecule has 0 radical (unpaired) electrons. The van der Waals surface area contributed by atoms with Crippen LogP contribution < -0.4 is 10.1 Å². The van der Waals surface area contributed by atoms with Crippen LogP contribution in [-0.2, 0) is 14.8 Å². The molecule has 0 aliphatic carbocycles. The van der Waals surface area contributed by atoms with Crippen molar-refractivity contribution < 1.29 is 17.9 Å². The Morgan fingerprint density at radius 1 is 1.23 bits per heavy atom. The highest BCUT2D eigenvalue weighted by atomic mass is 35.5. The van der Waals surface area contributed by atoms with Gasteiger partial charge < -0.3 is 10.1 Å². The number of halogens is 1. The fraction of sp³-hybridized carbons (Fsp3) is 0.278. The third-order valence-electron chi connectivity index (χ3n) is 3.82. The number of amides is 1. The summed E-state index contributed by atoms with van der Waals surface area (Å²) < 4.78 is 32.0. The lowest BCUT2D eigenvalue weighted by Gasteiger charge is -2.21. The third kappa shape index (κ3) is 4.55. The number of ether oxygens (including phenoxy) is 1. The minimum absolute atomic E-state index is 0.114. The second-order valence-corrected chi connectivity index (χ2v) is 7.94. The molecule has 0 heterocycles. The van der Waals surface area contributed by atoms with Gasteiger partial charge in [-0.1, -0.05) is 30.7 Å². The van der Waals surface area contributed by atoms with Crippen LogP contribution in [0.2, 0.25) is 5.02 Å². The molecule has 140 valence electrons. The molecule has 0 aromatic heterocycles. The van der Waals surface area contributed by atoms with E-state index < -0.39 is 15.9 Å². The molecule has 0 atom stereocenters. The van der Waals surface area contributed by atoms with Gasteiger partial charge in [-0.25, -0.2) is 8.42 Å². The van der Waals surface area contributed by atoms with Crippen molar-refractivity contribution in [2.24, 2.45) is 0 Å². The van der Waals surface area contributed by atoms with E-state index in [0.29, 0.717) is 22.0 Å². The van der Waals surface area contributed by atoms with Crippen LogP contribution in [0.15, 0.2) is 47.4 Å².